The summed E-state index contributed by atoms with van der Waals surface area (Å²) in [4.78, 5) is 0. The van der Waals surface area contributed by atoms with Crippen molar-refractivity contribution in [1.29, 1.82) is 0 Å². The number of rotatable bonds is 5. The second-order valence-electron chi connectivity index (χ2n) is 6.42. The highest BCUT2D eigenvalue weighted by Crippen LogP contribution is 2.36. The Kier molecular flexibility index (Phi) is 5.92. The van der Waals surface area contributed by atoms with Crippen LogP contribution in [0.4, 0.5) is 0 Å². The van der Waals surface area contributed by atoms with E-state index in [4.69, 9.17) is 14.2 Å². The Bertz CT molecular complexity index is 823. The Balaban J connectivity index is 1.82. The van der Waals surface area contributed by atoms with Gasteiger partial charge >= 0.3 is 0 Å². The van der Waals surface area contributed by atoms with Crippen molar-refractivity contribution in [2.75, 3.05) is 13.7 Å². The highest BCUT2D eigenvalue weighted by Gasteiger charge is 2.44. The number of hydrogen-bond donors (Lipinski definition) is 6. The normalized spacial score (nSPS) is 27.4. The zero-order valence-corrected chi connectivity index (χ0v) is 15.0. The molecule has 2 aromatic rings. The van der Waals surface area contributed by atoms with Gasteiger partial charge in [0, 0.05) is 6.07 Å². The molecule has 1 saturated heterocycles. The second kappa shape index (κ2) is 8.21. The first-order valence-corrected chi connectivity index (χ1v) is 8.52. The molecule has 0 bridgehead atoms. The molecule has 0 radical (unpaired) electrons. The monoisotopic (exact) mass is 394 g/mol. The third kappa shape index (κ3) is 3.98. The third-order valence-corrected chi connectivity index (χ3v) is 4.51. The summed E-state index contributed by atoms with van der Waals surface area (Å²) >= 11 is 0. The highest BCUT2D eigenvalue weighted by molar-refractivity contribution is 5.69. The minimum atomic E-state index is -1.59. The van der Waals surface area contributed by atoms with Crippen LogP contribution in [0, 0.1) is 0 Å². The van der Waals surface area contributed by atoms with Crippen molar-refractivity contribution in [3.63, 3.8) is 0 Å². The molecule has 0 saturated carbocycles. The fraction of sp³-hybridized carbons (Fsp3) is 0.368. The minimum Gasteiger partial charge on any atom is -0.508 e. The van der Waals surface area contributed by atoms with E-state index in [2.05, 4.69) is 0 Å². The number of methoxy groups -OCH3 is 1. The molecule has 0 amide bonds. The van der Waals surface area contributed by atoms with E-state index in [9.17, 15) is 30.6 Å². The van der Waals surface area contributed by atoms with Crippen LogP contribution in [0.15, 0.2) is 36.4 Å². The Morgan fingerprint density at radius 3 is 2.32 bits per heavy atom. The third-order valence-electron chi connectivity index (χ3n) is 4.51. The summed E-state index contributed by atoms with van der Waals surface area (Å²) in [5.41, 5.74) is 1.15. The van der Waals surface area contributed by atoms with Crippen molar-refractivity contribution in [3.05, 3.63) is 36.4 Å². The summed E-state index contributed by atoms with van der Waals surface area (Å²) in [5, 5.41) is 58.9. The molecule has 3 rings (SSSR count). The molecule has 2 aromatic carbocycles. The average molecular weight is 394 g/mol. The first kappa shape index (κ1) is 20.2. The van der Waals surface area contributed by atoms with Crippen LogP contribution in [0.25, 0.3) is 11.1 Å². The van der Waals surface area contributed by atoms with Crippen molar-refractivity contribution in [1.82, 2.24) is 0 Å². The first-order valence-electron chi connectivity index (χ1n) is 8.52. The van der Waals surface area contributed by atoms with Gasteiger partial charge in [-0.3, -0.25) is 0 Å². The molecular weight excluding hydrogens is 372 g/mol. The molecule has 6 N–H and O–H groups in total. The first-order chi connectivity index (χ1) is 13.3. The van der Waals surface area contributed by atoms with Crippen molar-refractivity contribution >= 4 is 0 Å². The van der Waals surface area contributed by atoms with Crippen molar-refractivity contribution in [2.24, 2.45) is 0 Å². The second-order valence-corrected chi connectivity index (χ2v) is 6.42. The van der Waals surface area contributed by atoms with Crippen LogP contribution in [-0.4, -0.2) is 75.1 Å². The molecule has 5 unspecified atom stereocenters. The lowest BCUT2D eigenvalue weighted by Gasteiger charge is -2.39. The van der Waals surface area contributed by atoms with Gasteiger partial charge in [0.2, 0.25) is 6.29 Å². The number of benzene rings is 2. The van der Waals surface area contributed by atoms with Crippen LogP contribution in [0.2, 0.25) is 0 Å². The van der Waals surface area contributed by atoms with Crippen molar-refractivity contribution < 1.29 is 44.8 Å². The molecule has 0 aromatic heterocycles. The lowest BCUT2D eigenvalue weighted by atomic mass is 9.99. The number of hydrogen-bond acceptors (Lipinski definition) is 9. The summed E-state index contributed by atoms with van der Waals surface area (Å²) in [6, 6.07) is 9.02. The van der Waals surface area contributed by atoms with E-state index in [1.807, 2.05) is 0 Å². The SMILES string of the molecule is COc1cc(O)cc(-c2ccc(OC3OC(CO)C(O)C(O)C3O)c(O)c2)c1. The van der Waals surface area contributed by atoms with E-state index in [1.165, 1.54) is 31.4 Å². The maximum absolute atomic E-state index is 10.3. The topological polar surface area (TPSA) is 149 Å². The van der Waals surface area contributed by atoms with E-state index in [-0.39, 0.29) is 17.2 Å². The lowest BCUT2D eigenvalue weighted by Crippen LogP contribution is -2.60. The van der Waals surface area contributed by atoms with Gasteiger partial charge in [-0.25, -0.2) is 0 Å². The van der Waals surface area contributed by atoms with E-state index in [0.29, 0.717) is 16.9 Å². The molecule has 0 spiro atoms. The Morgan fingerprint density at radius 2 is 1.68 bits per heavy atom. The molecule has 5 atom stereocenters. The van der Waals surface area contributed by atoms with Gasteiger partial charge in [0.05, 0.1) is 13.7 Å². The number of aliphatic hydroxyl groups is 4. The lowest BCUT2D eigenvalue weighted by molar-refractivity contribution is -0.277. The fourth-order valence-electron chi connectivity index (χ4n) is 2.95. The summed E-state index contributed by atoms with van der Waals surface area (Å²) in [5.74, 6) is 0.114. The Hall–Kier alpha value is -2.56. The van der Waals surface area contributed by atoms with Gasteiger partial charge in [-0.1, -0.05) is 6.07 Å². The van der Waals surface area contributed by atoms with Crippen LogP contribution < -0.4 is 9.47 Å². The number of phenolic OH excluding ortho intramolecular Hbond substituents is 2. The predicted molar refractivity (Wildman–Crippen MR) is 96.2 cm³/mol. The molecule has 0 aliphatic carbocycles. The van der Waals surface area contributed by atoms with Crippen LogP contribution >= 0.6 is 0 Å². The predicted octanol–water partition coefficient (Wildman–Crippen LogP) is -0.0479. The van der Waals surface area contributed by atoms with Crippen LogP contribution in [0.5, 0.6) is 23.0 Å². The van der Waals surface area contributed by atoms with Gasteiger partial charge in [-0.05, 0) is 35.4 Å². The Morgan fingerprint density at radius 1 is 0.929 bits per heavy atom. The quantitative estimate of drug-likeness (QED) is 0.410. The van der Waals surface area contributed by atoms with Gasteiger partial charge < -0.3 is 44.8 Å². The molecule has 9 nitrogen and oxygen atoms in total. The average Bonchev–Trinajstić information content (AvgIpc) is 2.69. The maximum Gasteiger partial charge on any atom is 0.229 e. The minimum absolute atomic E-state index is 0.00418. The molecule has 1 aliphatic heterocycles. The van der Waals surface area contributed by atoms with Crippen molar-refractivity contribution in [2.45, 2.75) is 30.7 Å². The highest BCUT2D eigenvalue weighted by atomic mass is 16.7. The molecule has 9 heteroatoms. The van der Waals surface area contributed by atoms with Crippen LogP contribution in [-0.2, 0) is 4.74 Å². The van der Waals surface area contributed by atoms with Gasteiger partial charge in [0.15, 0.2) is 11.5 Å². The van der Waals surface area contributed by atoms with Crippen LogP contribution in [0.1, 0.15) is 0 Å². The number of aromatic hydroxyl groups is 2. The van der Waals surface area contributed by atoms with E-state index in [1.54, 1.807) is 12.1 Å². The summed E-state index contributed by atoms with van der Waals surface area (Å²) in [6.45, 7) is -0.588. The van der Waals surface area contributed by atoms with Gasteiger partial charge in [0.25, 0.3) is 0 Å². The zero-order chi connectivity index (χ0) is 20.4. The molecule has 1 fully saturated rings. The molecule has 28 heavy (non-hydrogen) atoms. The molecule has 152 valence electrons. The maximum atomic E-state index is 10.3. The standard InChI is InChI=1S/C19H22O9/c1-26-12-5-10(4-11(21)7-12)9-2-3-14(13(22)6-9)27-19-18(25)17(24)16(23)15(8-20)28-19/h2-7,15-25H,8H2,1H3. The molecular formula is C19H22O9. The number of aliphatic hydroxyl groups excluding tert-OH is 4. The van der Waals surface area contributed by atoms with Gasteiger partial charge in [0.1, 0.15) is 35.9 Å². The van der Waals surface area contributed by atoms with E-state index in [0.717, 1.165) is 0 Å². The van der Waals surface area contributed by atoms with E-state index >= 15 is 0 Å². The van der Waals surface area contributed by atoms with Crippen LogP contribution in [0.3, 0.4) is 0 Å². The number of phenols is 2. The molecule has 1 aliphatic rings. The zero-order valence-electron chi connectivity index (χ0n) is 15.0. The smallest absolute Gasteiger partial charge is 0.229 e. The largest absolute Gasteiger partial charge is 0.508 e. The molecule has 1 heterocycles. The van der Waals surface area contributed by atoms with E-state index < -0.39 is 37.3 Å². The van der Waals surface area contributed by atoms with Crippen molar-refractivity contribution in [3.8, 4) is 34.1 Å². The summed E-state index contributed by atoms with van der Waals surface area (Å²) < 4.78 is 15.8. The van der Waals surface area contributed by atoms with Gasteiger partial charge in [-0.2, -0.15) is 0 Å². The fourth-order valence-corrected chi connectivity index (χ4v) is 2.95. The Labute approximate surface area is 160 Å². The number of ether oxygens (including phenoxy) is 3. The summed E-state index contributed by atoms with van der Waals surface area (Å²) in [7, 11) is 1.47. The van der Waals surface area contributed by atoms with Gasteiger partial charge in [-0.15, -0.1) is 0 Å². The summed E-state index contributed by atoms with van der Waals surface area (Å²) in [6.07, 6.45) is -7.21.